The number of fused-ring (bicyclic) bond motifs is 1. The number of hydrogen-bond acceptors (Lipinski definition) is 7. The Morgan fingerprint density at radius 2 is 1.34 bits per heavy atom. The van der Waals surface area contributed by atoms with E-state index < -0.39 is 5.78 Å². The van der Waals surface area contributed by atoms with Gasteiger partial charge in [-0.05, 0) is 94.2 Å². The van der Waals surface area contributed by atoms with Crippen molar-refractivity contribution in [2.24, 2.45) is 0 Å². The average molecular weight is 590 g/mol. The third-order valence-electron chi connectivity index (χ3n) is 7.16. The van der Waals surface area contributed by atoms with Crippen LogP contribution in [0.1, 0.15) is 26.3 Å². The van der Waals surface area contributed by atoms with Gasteiger partial charge in [-0.3, -0.25) is 9.59 Å². The van der Waals surface area contributed by atoms with Crippen molar-refractivity contribution in [1.29, 1.82) is 0 Å². The molecular weight excluding hydrogens is 558 g/mol. The molecule has 1 amide bonds. The molecule has 0 saturated heterocycles. The highest BCUT2D eigenvalue weighted by Crippen LogP contribution is 2.38. The Morgan fingerprint density at radius 1 is 0.682 bits per heavy atom. The Balaban J connectivity index is 1.32. The third kappa shape index (κ3) is 6.34. The summed E-state index contributed by atoms with van der Waals surface area (Å²) in [6.45, 7) is 0. The van der Waals surface area contributed by atoms with E-state index in [4.69, 9.17) is 18.9 Å². The predicted molar refractivity (Wildman–Crippen MR) is 171 cm³/mol. The zero-order valence-corrected chi connectivity index (χ0v) is 24.7. The first-order valence-electron chi connectivity index (χ1n) is 13.7. The summed E-state index contributed by atoms with van der Waals surface area (Å²) in [5.74, 6) is 1.11. The van der Waals surface area contributed by atoms with E-state index in [1.165, 1.54) is 45.6 Å². The van der Waals surface area contributed by atoms with Crippen LogP contribution in [0.4, 0.5) is 5.69 Å². The summed E-state index contributed by atoms with van der Waals surface area (Å²) in [6, 6.07) is 27.1. The number of ketones is 1. The van der Waals surface area contributed by atoms with Crippen LogP contribution in [0.3, 0.4) is 0 Å². The van der Waals surface area contributed by atoms with E-state index in [9.17, 15) is 14.7 Å². The molecule has 5 aromatic rings. The minimum Gasteiger partial charge on any atom is -0.507 e. The number of carbonyl (C=O) groups excluding carboxylic acids is 2. The number of allylic oxidation sites excluding steroid dienone is 1. The molecule has 5 rings (SSSR count). The van der Waals surface area contributed by atoms with Crippen LogP contribution in [-0.4, -0.2) is 45.2 Å². The van der Waals surface area contributed by atoms with Crippen molar-refractivity contribution >= 4 is 34.2 Å². The van der Waals surface area contributed by atoms with Gasteiger partial charge in [0.15, 0.2) is 17.3 Å². The number of carbonyl (C=O) groups is 2. The summed E-state index contributed by atoms with van der Waals surface area (Å²) in [5, 5.41) is 15.1. The van der Waals surface area contributed by atoms with Crippen molar-refractivity contribution in [2.45, 2.75) is 0 Å². The number of amides is 1. The fraction of sp³-hybridized carbons (Fsp3) is 0.111. The molecular formula is C36H31NO7. The van der Waals surface area contributed by atoms with Crippen LogP contribution in [0.25, 0.3) is 28.0 Å². The molecule has 0 spiro atoms. The number of rotatable bonds is 10. The summed E-state index contributed by atoms with van der Waals surface area (Å²) < 4.78 is 21.3. The lowest BCUT2D eigenvalue weighted by Crippen LogP contribution is -2.12. The fourth-order valence-electron chi connectivity index (χ4n) is 4.82. The van der Waals surface area contributed by atoms with Crippen LogP contribution >= 0.6 is 0 Å². The minimum atomic E-state index is -0.453. The van der Waals surface area contributed by atoms with E-state index in [0.717, 1.165) is 27.6 Å². The summed E-state index contributed by atoms with van der Waals surface area (Å²) in [7, 11) is 6.16. The Hall–Kier alpha value is -5.76. The number of ether oxygens (including phenoxy) is 4. The molecule has 8 heteroatoms. The van der Waals surface area contributed by atoms with E-state index in [1.807, 2.05) is 48.5 Å². The zero-order valence-electron chi connectivity index (χ0n) is 24.7. The number of hydrogen-bond donors (Lipinski definition) is 2. The van der Waals surface area contributed by atoms with Crippen LogP contribution < -0.4 is 24.3 Å². The molecule has 0 aliphatic heterocycles. The van der Waals surface area contributed by atoms with Crippen LogP contribution in [0.2, 0.25) is 0 Å². The second-order valence-electron chi connectivity index (χ2n) is 9.85. The lowest BCUT2D eigenvalue weighted by Gasteiger charge is -2.12. The molecule has 0 radical (unpaired) electrons. The van der Waals surface area contributed by atoms with Crippen LogP contribution in [0.5, 0.6) is 28.7 Å². The average Bonchev–Trinajstić information content (AvgIpc) is 3.06. The summed E-state index contributed by atoms with van der Waals surface area (Å²) >= 11 is 0. The zero-order chi connectivity index (χ0) is 31.2. The highest BCUT2D eigenvalue weighted by molar-refractivity contribution is 6.11. The van der Waals surface area contributed by atoms with Crippen molar-refractivity contribution in [2.75, 3.05) is 33.8 Å². The fourth-order valence-corrected chi connectivity index (χ4v) is 4.82. The number of methoxy groups -OCH3 is 4. The lowest BCUT2D eigenvalue weighted by atomic mass is 9.99. The van der Waals surface area contributed by atoms with E-state index in [-0.39, 0.29) is 17.2 Å². The Bertz CT molecular complexity index is 1850. The topological polar surface area (TPSA) is 103 Å². The second-order valence-corrected chi connectivity index (χ2v) is 9.85. The van der Waals surface area contributed by atoms with Crippen molar-refractivity contribution in [3.05, 3.63) is 114 Å². The van der Waals surface area contributed by atoms with Crippen molar-refractivity contribution in [3.63, 3.8) is 0 Å². The normalized spacial score (nSPS) is 10.9. The molecule has 0 unspecified atom stereocenters. The molecule has 0 heterocycles. The smallest absolute Gasteiger partial charge is 0.255 e. The van der Waals surface area contributed by atoms with E-state index in [1.54, 1.807) is 31.4 Å². The first-order chi connectivity index (χ1) is 21.3. The van der Waals surface area contributed by atoms with E-state index >= 15 is 0 Å². The van der Waals surface area contributed by atoms with Crippen LogP contribution in [-0.2, 0) is 0 Å². The van der Waals surface area contributed by atoms with Gasteiger partial charge in [-0.15, -0.1) is 0 Å². The van der Waals surface area contributed by atoms with E-state index in [0.29, 0.717) is 34.1 Å². The number of phenolic OH excluding ortho intramolecular Hbond substituents is 1. The van der Waals surface area contributed by atoms with Crippen LogP contribution in [0.15, 0.2) is 97.1 Å². The monoisotopic (exact) mass is 589 g/mol. The van der Waals surface area contributed by atoms with E-state index in [2.05, 4.69) is 11.4 Å². The van der Waals surface area contributed by atoms with Crippen molar-refractivity contribution in [1.82, 2.24) is 0 Å². The molecule has 0 aliphatic rings. The Morgan fingerprint density at radius 3 is 2.00 bits per heavy atom. The highest BCUT2D eigenvalue weighted by atomic mass is 16.5. The number of benzene rings is 5. The molecule has 0 aromatic heterocycles. The SMILES string of the molecule is COc1ccc(-c2ccc3cc(C(=O)Nc4ccc(O)c(C(=O)/C=C/c5cc(OC)c(OC)c(OC)c5)c4)ccc3c2)cc1. The standard InChI is InChI=1S/C36H31NO7/c1-41-29-13-10-23(11-14-29)24-6-7-26-20-27(9-8-25(26)19-24)36(40)37-28-12-16-32(39)30(21-28)31(38)15-5-22-17-33(42-2)35(44-4)34(18-22)43-3/h5-21,39H,1-4H3,(H,37,40)/b15-5+. The Kier molecular flexibility index (Phi) is 8.81. The van der Waals surface area contributed by atoms with Gasteiger partial charge in [0.05, 0.1) is 34.0 Å². The van der Waals surface area contributed by atoms with Gasteiger partial charge in [0.25, 0.3) is 5.91 Å². The molecule has 8 nitrogen and oxygen atoms in total. The lowest BCUT2D eigenvalue weighted by molar-refractivity contribution is 0.102. The number of phenols is 1. The van der Waals surface area contributed by atoms with Crippen LogP contribution in [0, 0.1) is 0 Å². The van der Waals surface area contributed by atoms with Gasteiger partial charge < -0.3 is 29.4 Å². The van der Waals surface area contributed by atoms with Gasteiger partial charge in [0, 0.05) is 11.3 Å². The highest BCUT2D eigenvalue weighted by Gasteiger charge is 2.15. The quantitative estimate of drug-likeness (QED) is 0.0994. The first-order valence-corrected chi connectivity index (χ1v) is 13.7. The summed E-state index contributed by atoms with van der Waals surface area (Å²) in [6.07, 6.45) is 2.90. The molecule has 5 aromatic carbocycles. The molecule has 0 atom stereocenters. The largest absolute Gasteiger partial charge is 0.507 e. The predicted octanol–water partition coefficient (Wildman–Crippen LogP) is 7.40. The number of anilines is 1. The molecule has 222 valence electrons. The van der Waals surface area contributed by atoms with Crippen molar-refractivity contribution < 1.29 is 33.6 Å². The first kappa shape index (κ1) is 29.7. The minimum absolute atomic E-state index is 0.0380. The van der Waals surface area contributed by atoms with Gasteiger partial charge in [0.1, 0.15) is 11.5 Å². The molecule has 0 aliphatic carbocycles. The van der Waals surface area contributed by atoms with Gasteiger partial charge in [-0.2, -0.15) is 0 Å². The van der Waals surface area contributed by atoms with Gasteiger partial charge >= 0.3 is 0 Å². The molecule has 44 heavy (non-hydrogen) atoms. The second kappa shape index (κ2) is 13.0. The molecule has 0 fully saturated rings. The maximum Gasteiger partial charge on any atom is 0.255 e. The third-order valence-corrected chi connectivity index (χ3v) is 7.16. The molecule has 0 saturated carbocycles. The van der Waals surface area contributed by atoms with Gasteiger partial charge in [0.2, 0.25) is 5.75 Å². The van der Waals surface area contributed by atoms with Gasteiger partial charge in [-0.25, -0.2) is 0 Å². The van der Waals surface area contributed by atoms with Gasteiger partial charge in [-0.1, -0.05) is 36.4 Å². The summed E-state index contributed by atoms with van der Waals surface area (Å²) in [5.41, 5.74) is 3.61. The number of nitrogens with one attached hydrogen (secondary N) is 1. The maximum absolute atomic E-state index is 13.1. The maximum atomic E-state index is 13.1. The number of aromatic hydroxyl groups is 1. The molecule has 2 N–H and O–H groups in total. The summed E-state index contributed by atoms with van der Waals surface area (Å²) in [4.78, 5) is 26.2. The molecule has 0 bridgehead atoms. The Labute approximate surface area is 255 Å². The van der Waals surface area contributed by atoms with Crippen molar-refractivity contribution in [3.8, 4) is 39.9 Å².